The number of amides is 1. The number of hydrogen-bond acceptors (Lipinski definition) is 4. The lowest BCUT2D eigenvalue weighted by atomic mass is 10.1. The average Bonchev–Trinajstić information content (AvgIpc) is 2.62. The number of halogens is 1. The van der Waals surface area contributed by atoms with E-state index >= 15 is 0 Å². The van der Waals surface area contributed by atoms with Crippen LogP contribution in [0.25, 0.3) is 0 Å². The summed E-state index contributed by atoms with van der Waals surface area (Å²) < 4.78 is 10.2. The summed E-state index contributed by atoms with van der Waals surface area (Å²) in [6.07, 6.45) is 0.347. The topological polar surface area (TPSA) is 64.6 Å². The Kier molecular flexibility index (Phi) is 6.83. The van der Waals surface area contributed by atoms with Crippen LogP contribution in [0.1, 0.15) is 11.1 Å². The molecule has 0 saturated carbocycles. The number of carbonyl (C=O) groups excluding carboxylic acids is 2. The summed E-state index contributed by atoms with van der Waals surface area (Å²) in [5, 5.41) is 3.28. The van der Waals surface area contributed by atoms with Crippen LogP contribution in [0.4, 0.5) is 0 Å². The van der Waals surface area contributed by atoms with E-state index < -0.39 is 17.9 Å². The van der Waals surface area contributed by atoms with Gasteiger partial charge in [0.1, 0.15) is 11.8 Å². The molecule has 132 valence electrons. The first-order valence-electron chi connectivity index (χ1n) is 7.79. The van der Waals surface area contributed by atoms with Crippen LogP contribution in [0.2, 0.25) is 5.02 Å². The number of esters is 1. The van der Waals surface area contributed by atoms with E-state index in [0.29, 0.717) is 17.2 Å². The van der Waals surface area contributed by atoms with E-state index in [9.17, 15) is 9.59 Å². The molecule has 0 spiro atoms. The molecule has 0 saturated heterocycles. The van der Waals surface area contributed by atoms with Gasteiger partial charge >= 0.3 is 5.97 Å². The van der Waals surface area contributed by atoms with Gasteiger partial charge in [-0.25, -0.2) is 4.79 Å². The van der Waals surface area contributed by atoms with Crippen molar-refractivity contribution in [1.29, 1.82) is 0 Å². The van der Waals surface area contributed by atoms with Gasteiger partial charge < -0.3 is 14.8 Å². The van der Waals surface area contributed by atoms with Crippen LogP contribution in [0.15, 0.2) is 48.5 Å². The summed E-state index contributed by atoms with van der Waals surface area (Å²) in [6, 6.07) is 13.8. The van der Waals surface area contributed by atoms with Gasteiger partial charge in [0.2, 0.25) is 0 Å². The highest BCUT2D eigenvalue weighted by Gasteiger charge is 2.22. The molecule has 0 aliphatic heterocycles. The fourth-order valence-electron chi connectivity index (χ4n) is 2.28. The average molecular weight is 362 g/mol. The molecule has 0 aromatic heterocycles. The predicted octanol–water partition coefficient (Wildman–Crippen LogP) is 2.93. The molecule has 2 aromatic rings. The van der Waals surface area contributed by atoms with Crippen molar-refractivity contribution >= 4 is 23.5 Å². The van der Waals surface area contributed by atoms with Crippen molar-refractivity contribution in [2.45, 2.75) is 19.4 Å². The van der Waals surface area contributed by atoms with E-state index in [4.69, 9.17) is 21.1 Å². The third-order valence-corrected chi connectivity index (χ3v) is 4.03. The SMILES string of the molecule is COC(=O)[C@H](Cc1ccccc1)NC(=O)COc1ccc(Cl)c(C)c1. The second-order valence-corrected chi connectivity index (χ2v) is 5.94. The van der Waals surface area contributed by atoms with Gasteiger partial charge in [0, 0.05) is 11.4 Å². The summed E-state index contributed by atoms with van der Waals surface area (Å²) in [4.78, 5) is 24.0. The summed E-state index contributed by atoms with van der Waals surface area (Å²) in [5.41, 5.74) is 1.78. The van der Waals surface area contributed by atoms with Gasteiger partial charge in [-0.3, -0.25) is 4.79 Å². The van der Waals surface area contributed by atoms with Gasteiger partial charge in [0.25, 0.3) is 5.91 Å². The zero-order valence-electron chi connectivity index (χ0n) is 14.1. The van der Waals surface area contributed by atoms with E-state index in [2.05, 4.69) is 5.32 Å². The lowest BCUT2D eigenvalue weighted by Gasteiger charge is -2.17. The van der Waals surface area contributed by atoms with Crippen LogP contribution in [0.5, 0.6) is 5.75 Å². The highest BCUT2D eigenvalue weighted by atomic mass is 35.5. The number of nitrogens with one attached hydrogen (secondary N) is 1. The normalized spacial score (nSPS) is 11.5. The Morgan fingerprint density at radius 1 is 1.16 bits per heavy atom. The molecule has 2 aromatic carbocycles. The van der Waals surface area contributed by atoms with Crippen molar-refractivity contribution in [3.63, 3.8) is 0 Å². The van der Waals surface area contributed by atoms with Gasteiger partial charge in [0.15, 0.2) is 6.61 Å². The van der Waals surface area contributed by atoms with E-state index in [0.717, 1.165) is 11.1 Å². The van der Waals surface area contributed by atoms with E-state index in [1.807, 2.05) is 37.3 Å². The molecule has 2 rings (SSSR count). The number of methoxy groups -OCH3 is 1. The van der Waals surface area contributed by atoms with Crippen LogP contribution < -0.4 is 10.1 Å². The van der Waals surface area contributed by atoms with Crippen LogP contribution in [0, 0.1) is 6.92 Å². The maximum absolute atomic E-state index is 12.1. The minimum atomic E-state index is -0.768. The smallest absolute Gasteiger partial charge is 0.328 e. The Morgan fingerprint density at radius 2 is 1.88 bits per heavy atom. The van der Waals surface area contributed by atoms with E-state index in [1.165, 1.54) is 7.11 Å². The molecular weight excluding hydrogens is 342 g/mol. The highest BCUT2D eigenvalue weighted by molar-refractivity contribution is 6.31. The molecule has 1 N–H and O–H groups in total. The Morgan fingerprint density at radius 3 is 2.52 bits per heavy atom. The molecule has 1 atom stereocenters. The van der Waals surface area contributed by atoms with Crippen molar-refractivity contribution in [3.05, 3.63) is 64.7 Å². The fraction of sp³-hybridized carbons (Fsp3) is 0.263. The molecule has 0 radical (unpaired) electrons. The summed E-state index contributed by atoms with van der Waals surface area (Å²) in [5.74, 6) is -0.367. The molecule has 0 heterocycles. The van der Waals surface area contributed by atoms with Crippen molar-refractivity contribution in [3.8, 4) is 5.75 Å². The van der Waals surface area contributed by atoms with E-state index in [1.54, 1.807) is 18.2 Å². The minimum absolute atomic E-state index is 0.205. The van der Waals surface area contributed by atoms with Gasteiger partial charge in [-0.2, -0.15) is 0 Å². The van der Waals surface area contributed by atoms with Crippen molar-refractivity contribution < 1.29 is 19.1 Å². The van der Waals surface area contributed by atoms with Crippen molar-refractivity contribution in [1.82, 2.24) is 5.32 Å². The Balaban J connectivity index is 1.94. The van der Waals surface area contributed by atoms with Gasteiger partial charge in [-0.15, -0.1) is 0 Å². The third kappa shape index (κ3) is 5.80. The van der Waals surface area contributed by atoms with Gasteiger partial charge in [-0.05, 0) is 36.2 Å². The zero-order valence-corrected chi connectivity index (χ0v) is 14.9. The summed E-state index contributed by atoms with van der Waals surface area (Å²) >= 11 is 5.95. The quantitative estimate of drug-likeness (QED) is 0.770. The number of ether oxygens (including phenoxy) is 2. The first kappa shape index (κ1) is 18.8. The first-order chi connectivity index (χ1) is 12.0. The molecular formula is C19H20ClNO4. The minimum Gasteiger partial charge on any atom is -0.484 e. The van der Waals surface area contributed by atoms with Crippen LogP contribution >= 0.6 is 11.6 Å². The Labute approximate surface area is 151 Å². The number of carbonyl (C=O) groups is 2. The maximum Gasteiger partial charge on any atom is 0.328 e. The molecule has 0 unspecified atom stereocenters. The lowest BCUT2D eigenvalue weighted by molar-refractivity contribution is -0.145. The maximum atomic E-state index is 12.1. The van der Waals surface area contributed by atoms with Gasteiger partial charge in [-0.1, -0.05) is 41.9 Å². The van der Waals surface area contributed by atoms with Crippen LogP contribution in [-0.2, 0) is 20.7 Å². The Hall–Kier alpha value is -2.53. The molecule has 5 nitrogen and oxygen atoms in total. The van der Waals surface area contributed by atoms with Gasteiger partial charge in [0.05, 0.1) is 7.11 Å². The summed E-state index contributed by atoms with van der Waals surface area (Å²) in [6.45, 7) is 1.64. The van der Waals surface area contributed by atoms with Crippen molar-refractivity contribution in [2.24, 2.45) is 0 Å². The summed E-state index contributed by atoms with van der Waals surface area (Å²) in [7, 11) is 1.29. The first-order valence-corrected chi connectivity index (χ1v) is 8.17. The predicted molar refractivity (Wildman–Crippen MR) is 95.8 cm³/mol. The molecule has 1 amide bonds. The van der Waals surface area contributed by atoms with Crippen LogP contribution in [-0.4, -0.2) is 31.6 Å². The van der Waals surface area contributed by atoms with Crippen molar-refractivity contribution in [2.75, 3.05) is 13.7 Å². The largest absolute Gasteiger partial charge is 0.484 e. The number of rotatable bonds is 7. The number of aryl methyl sites for hydroxylation is 1. The second kappa shape index (κ2) is 9.08. The molecule has 6 heteroatoms. The number of hydrogen-bond donors (Lipinski definition) is 1. The molecule has 0 fully saturated rings. The molecule has 0 aliphatic carbocycles. The molecule has 0 aliphatic rings. The Bertz CT molecular complexity index is 733. The molecule has 0 bridgehead atoms. The third-order valence-electron chi connectivity index (χ3n) is 3.60. The standard InChI is InChI=1S/C19H20ClNO4/c1-13-10-15(8-9-16(13)20)25-12-18(22)21-17(19(23)24-2)11-14-6-4-3-5-7-14/h3-10,17H,11-12H2,1-2H3,(H,21,22)/t17-/m0/s1. The lowest BCUT2D eigenvalue weighted by Crippen LogP contribution is -2.44. The van der Waals surface area contributed by atoms with Crippen LogP contribution in [0.3, 0.4) is 0 Å². The fourth-order valence-corrected chi connectivity index (χ4v) is 2.39. The monoisotopic (exact) mass is 361 g/mol. The highest BCUT2D eigenvalue weighted by Crippen LogP contribution is 2.20. The second-order valence-electron chi connectivity index (χ2n) is 5.53. The zero-order chi connectivity index (χ0) is 18.2. The molecule has 25 heavy (non-hydrogen) atoms. The van der Waals surface area contributed by atoms with E-state index in [-0.39, 0.29) is 6.61 Å². The number of benzene rings is 2.